The fourth-order valence-corrected chi connectivity index (χ4v) is 2.03. The van der Waals surface area contributed by atoms with E-state index < -0.39 is 0 Å². The van der Waals surface area contributed by atoms with E-state index in [2.05, 4.69) is 17.0 Å². The van der Waals surface area contributed by atoms with Crippen LogP contribution in [-0.4, -0.2) is 34.7 Å². The van der Waals surface area contributed by atoms with Crippen LogP contribution in [0.15, 0.2) is 37.2 Å². The molecule has 1 aromatic carbocycles. The fourth-order valence-electron chi connectivity index (χ4n) is 1.86. The molecule has 0 aliphatic carbocycles. The first kappa shape index (κ1) is 15.1. The van der Waals surface area contributed by atoms with Crippen LogP contribution in [0.3, 0.4) is 0 Å². The quantitative estimate of drug-likeness (QED) is 0.924. The molecule has 0 aliphatic heterocycles. The fraction of sp³-hybridized carbons (Fsp3) is 0.200. The number of halogens is 1. The minimum absolute atomic E-state index is 0.0732. The summed E-state index contributed by atoms with van der Waals surface area (Å²) < 4.78 is 1.63. The van der Waals surface area contributed by atoms with Gasteiger partial charge in [0.15, 0.2) is 0 Å². The van der Waals surface area contributed by atoms with Crippen LogP contribution < -0.4 is 5.32 Å². The topological polar surface area (TPSA) is 50.2 Å². The lowest BCUT2D eigenvalue weighted by molar-refractivity contribution is 0.0828. The van der Waals surface area contributed by atoms with Crippen molar-refractivity contribution in [3.8, 4) is 0 Å². The van der Waals surface area contributed by atoms with E-state index in [1.54, 1.807) is 49.4 Å². The summed E-state index contributed by atoms with van der Waals surface area (Å²) in [4.78, 5) is 13.7. The number of hydrogen-bond donors (Lipinski definition) is 1. The van der Waals surface area contributed by atoms with E-state index in [4.69, 9.17) is 11.6 Å². The Morgan fingerprint density at radius 2 is 2.29 bits per heavy atom. The Balaban J connectivity index is 2.20. The predicted octanol–water partition coefficient (Wildman–Crippen LogP) is 2.95. The Morgan fingerprint density at radius 3 is 2.90 bits per heavy atom. The highest BCUT2D eigenvalue weighted by molar-refractivity contribution is 6.31. The lowest BCUT2D eigenvalue weighted by Crippen LogP contribution is -2.22. The van der Waals surface area contributed by atoms with Gasteiger partial charge >= 0.3 is 0 Å². The molecule has 1 aromatic heterocycles. The molecule has 0 spiro atoms. The third kappa shape index (κ3) is 3.64. The van der Waals surface area contributed by atoms with E-state index in [0.29, 0.717) is 22.8 Å². The summed E-state index contributed by atoms with van der Waals surface area (Å²) in [6.45, 7) is 4.19. The van der Waals surface area contributed by atoms with Crippen LogP contribution >= 0.6 is 11.6 Å². The Hall–Kier alpha value is -2.27. The first-order valence-corrected chi connectivity index (χ1v) is 6.79. The molecule has 5 nitrogen and oxygen atoms in total. The zero-order chi connectivity index (χ0) is 15.4. The lowest BCUT2D eigenvalue weighted by atomic mass is 10.1. The summed E-state index contributed by atoms with van der Waals surface area (Å²) in [5.74, 6) is -0.0732. The number of carbonyl (C=O) groups excluding carboxylic acids is 1. The van der Waals surface area contributed by atoms with Crippen molar-refractivity contribution < 1.29 is 4.79 Å². The maximum atomic E-state index is 12.2. The molecule has 6 heteroatoms. The highest BCUT2D eigenvalue weighted by Crippen LogP contribution is 2.22. The third-order valence-corrected chi connectivity index (χ3v) is 3.18. The SMILES string of the molecule is C=Cn1cc(CNc2cc(Cl)ccc2C(=O)N(C)C)cn1. The van der Waals surface area contributed by atoms with Crippen LogP contribution in [0.4, 0.5) is 5.69 Å². The van der Waals surface area contributed by atoms with Crippen molar-refractivity contribution in [2.24, 2.45) is 0 Å². The number of anilines is 1. The summed E-state index contributed by atoms with van der Waals surface area (Å²) >= 11 is 6.01. The van der Waals surface area contributed by atoms with Gasteiger partial charge in [-0.25, -0.2) is 4.68 Å². The number of aromatic nitrogens is 2. The van der Waals surface area contributed by atoms with E-state index in [1.165, 1.54) is 4.90 Å². The molecule has 0 unspecified atom stereocenters. The number of amides is 1. The molecular formula is C15H17ClN4O. The van der Waals surface area contributed by atoms with Crippen LogP contribution in [0.2, 0.25) is 5.02 Å². The molecule has 110 valence electrons. The molecule has 2 aromatic rings. The summed E-state index contributed by atoms with van der Waals surface area (Å²) in [6, 6.07) is 5.18. The van der Waals surface area contributed by atoms with Crippen LogP contribution in [0.1, 0.15) is 15.9 Å². The molecular weight excluding hydrogens is 288 g/mol. The van der Waals surface area contributed by atoms with E-state index in [9.17, 15) is 4.79 Å². The molecule has 1 heterocycles. The maximum absolute atomic E-state index is 12.2. The number of nitrogens with one attached hydrogen (secondary N) is 1. The van der Waals surface area contributed by atoms with Gasteiger partial charge in [0, 0.05) is 49.3 Å². The smallest absolute Gasteiger partial charge is 0.255 e. The van der Waals surface area contributed by atoms with Gasteiger partial charge in [-0.15, -0.1) is 0 Å². The molecule has 1 amide bonds. The molecule has 0 atom stereocenters. The Morgan fingerprint density at radius 1 is 1.52 bits per heavy atom. The van der Waals surface area contributed by atoms with Gasteiger partial charge in [0.1, 0.15) is 0 Å². The van der Waals surface area contributed by atoms with Crippen molar-refractivity contribution >= 4 is 29.4 Å². The molecule has 0 saturated heterocycles. The van der Waals surface area contributed by atoms with Crippen molar-refractivity contribution in [2.45, 2.75) is 6.54 Å². The van der Waals surface area contributed by atoms with Gasteiger partial charge in [-0.1, -0.05) is 18.2 Å². The van der Waals surface area contributed by atoms with E-state index >= 15 is 0 Å². The van der Waals surface area contributed by atoms with Crippen molar-refractivity contribution in [3.05, 3.63) is 53.3 Å². The summed E-state index contributed by atoms with van der Waals surface area (Å²) in [6.07, 6.45) is 5.22. The Kier molecular flexibility index (Phi) is 4.65. The monoisotopic (exact) mass is 304 g/mol. The second kappa shape index (κ2) is 6.45. The van der Waals surface area contributed by atoms with Crippen LogP contribution in [0.5, 0.6) is 0 Å². The summed E-state index contributed by atoms with van der Waals surface area (Å²) in [5, 5.41) is 7.91. The van der Waals surface area contributed by atoms with E-state index in [1.807, 2.05) is 6.20 Å². The minimum atomic E-state index is -0.0732. The summed E-state index contributed by atoms with van der Waals surface area (Å²) in [7, 11) is 3.43. The van der Waals surface area contributed by atoms with Crippen LogP contribution in [-0.2, 0) is 6.54 Å². The van der Waals surface area contributed by atoms with Gasteiger partial charge in [0.25, 0.3) is 5.91 Å². The molecule has 0 radical (unpaired) electrons. The van der Waals surface area contributed by atoms with Gasteiger partial charge < -0.3 is 10.2 Å². The number of nitrogens with zero attached hydrogens (tertiary/aromatic N) is 3. The Bertz CT molecular complexity index is 663. The maximum Gasteiger partial charge on any atom is 0.255 e. The number of rotatable bonds is 5. The lowest BCUT2D eigenvalue weighted by Gasteiger charge is -2.15. The highest BCUT2D eigenvalue weighted by Gasteiger charge is 2.13. The first-order valence-electron chi connectivity index (χ1n) is 6.42. The second-order valence-corrected chi connectivity index (χ2v) is 5.19. The molecule has 21 heavy (non-hydrogen) atoms. The zero-order valence-corrected chi connectivity index (χ0v) is 12.8. The van der Waals surface area contributed by atoms with Gasteiger partial charge in [-0.2, -0.15) is 5.10 Å². The number of benzene rings is 1. The van der Waals surface area contributed by atoms with Gasteiger partial charge in [-0.3, -0.25) is 4.79 Å². The average molecular weight is 305 g/mol. The molecule has 0 bridgehead atoms. The Labute approximate surface area is 128 Å². The molecule has 0 saturated carbocycles. The zero-order valence-electron chi connectivity index (χ0n) is 12.0. The molecule has 0 aliphatic rings. The molecule has 0 fully saturated rings. The van der Waals surface area contributed by atoms with Crippen molar-refractivity contribution in [2.75, 3.05) is 19.4 Å². The predicted molar refractivity (Wildman–Crippen MR) is 85.4 cm³/mol. The van der Waals surface area contributed by atoms with Crippen molar-refractivity contribution in [1.82, 2.24) is 14.7 Å². The van der Waals surface area contributed by atoms with E-state index in [-0.39, 0.29) is 5.91 Å². The number of hydrogen-bond acceptors (Lipinski definition) is 3. The second-order valence-electron chi connectivity index (χ2n) is 4.75. The third-order valence-electron chi connectivity index (χ3n) is 2.94. The van der Waals surface area contributed by atoms with Crippen LogP contribution in [0, 0.1) is 0 Å². The highest BCUT2D eigenvalue weighted by atomic mass is 35.5. The normalized spacial score (nSPS) is 10.2. The molecule has 1 N–H and O–H groups in total. The molecule has 2 rings (SSSR count). The van der Waals surface area contributed by atoms with Crippen molar-refractivity contribution in [3.63, 3.8) is 0 Å². The standard InChI is InChI=1S/C15H17ClN4O/c1-4-20-10-11(9-18-20)8-17-14-7-12(16)5-6-13(14)15(21)19(2)3/h4-7,9-10,17H,1,8H2,2-3H3. The number of carbonyl (C=O) groups is 1. The van der Waals surface area contributed by atoms with Gasteiger partial charge in [0.05, 0.1) is 11.8 Å². The van der Waals surface area contributed by atoms with Crippen LogP contribution in [0.25, 0.3) is 6.20 Å². The van der Waals surface area contributed by atoms with Gasteiger partial charge in [0.2, 0.25) is 0 Å². The van der Waals surface area contributed by atoms with E-state index in [0.717, 1.165) is 5.56 Å². The first-order chi connectivity index (χ1) is 10.0. The summed E-state index contributed by atoms with van der Waals surface area (Å²) in [5.41, 5.74) is 2.27. The minimum Gasteiger partial charge on any atom is -0.380 e. The largest absolute Gasteiger partial charge is 0.380 e. The average Bonchev–Trinajstić information content (AvgIpc) is 2.92. The van der Waals surface area contributed by atoms with Gasteiger partial charge in [-0.05, 0) is 18.2 Å². The van der Waals surface area contributed by atoms with Crippen molar-refractivity contribution in [1.29, 1.82) is 0 Å².